The molecule has 0 aliphatic carbocycles. The van der Waals surface area contributed by atoms with E-state index in [9.17, 15) is 14.4 Å². The molecule has 3 amide bonds. The second kappa shape index (κ2) is 4.53. The fourth-order valence-corrected chi connectivity index (χ4v) is 6.01. The fraction of sp³-hybridized carbons (Fsp3) is 0.471. The summed E-state index contributed by atoms with van der Waals surface area (Å²) in [5.41, 5.74) is 2.59. The van der Waals surface area contributed by atoms with Crippen LogP contribution in [0.3, 0.4) is 0 Å². The van der Waals surface area contributed by atoms with Crippen LogP contribution >= 0.6 is 11.8 Å². The van der Waals surface area contributed by atoms with Gasteiger partial charge < -0.3 is 15.1 Å². The van der Waals surface area contributed by atoms with E-state index in [2.05, 4.69) is 5.32 Å². The number of fused-ring (bicyclic) bond motifs is 5. The zero-order chi connectivity index (χ0) is 16.6. The van der Waals surface area contributed by atoms with Gasteiger partial charge in [-0.15, -0.1) is 11.8 Å². The van der Waals surface area contributed by atoms with Crippen LogP contribution in [0, 0.1) is 6.92 Å². The fourth-order valence-electron chi connectivity index (χ4n) is 4.45. The van der Waals surface area contributed by atoms with E-state index in [1.807, 2.05) is 25.1 Å². The summed E-state index contributed by atoms with van der Waals surface area (Å²) in [4.78, 5) is 41.2. The first-order valence-corrected chi connectivity index (χ1v) is 9.23. The summed E-state index contributed by atoms with van der Waals surface area (Å²) in [5.74, 6) is 0.180. The number of nitrogens with one attached hydrogen (secondary N) is 1. The van der Waals surface area contributed by atoms with Crippen molar-refractivity contribution >= 4 is 35.2 Å². The molecule has 0 aromatic heterocycles. The smallest absolute Gasteiger partial charge is 0.265 e. The van der Waals surface area contributed by atoms with Crippen molar-refractivity contribution in [3.8, 4) is 0 Å². The van der Waals surface area contributed by atoms with Crippen molar-refractivity contribution in [2.24, 2.45) is 0 Å². The van der Waals surface area contributed by atoms with E-state index >= 15 is 0 Å². The zero-order valence-corrected chi connectivity index (χ0v) is 14.1. The molecule has 3 saturated heterocycles. The van der Waals surface area contributed by atoms with E-state index in [-0.39, 0.29) is 17.7 Å². The van der Waals surface area contributed by atoms with Gasteiger partial charge in [-0.25, -0.2) is 0 Å². The van der Waals surface area contributed by atoms with Crippen molar-refractivity contribution < 1.29 is 14.4 Å². The average Bonchev–Trinajstić information content (AvgIpc) is 3.25. The summed E-state index contributed by atoms with van der Waals surface area (Å²) < 4.78 is 0. The zero-order valence-electron chi connectivity index (χ0n) is 13.2. The van der Waals surface area contributed by atoms with Crippen molar-refractivity contribution in [1.82, 2.24) is 9.80 Å². The minimum atomic E-state index is -1.09. The number of hydrogen-bond donors (Lipinski definition) is 1. The topological polar surface area (TPSA) is 69.7 Å². The molecule has 0 bridgehead atoms. The number of thioether (sulfide) groups is 1. The highest BCUT2D eigenvalue weighted by Crippen LogP contribution is 2.55. The van der Waals surface area contributed by atoms with E-state index in [4.69, 9.17) is 0 Å². The lowest BCUT2D eigenvalue weighted by Crippen LogP contribution is -2.66. The summed E-state index contributed by atoms with van der Waals surface area (Å²) in [6, 6.07) is 4.85. The first-order valence-electron chi connectivity index (χ1n) is 8.24. The Balaban J connectivity index is 1.69. The van der Waals surface area contributed by atoms with E-state index in [0.717, 1.165) is 23.2 Å². The largest absolute Gasteiger partial charge is 0.329 e. The van der Waals surface area contributed by atoms with Crippen LogP contribution in [0.5, 0.6) is 0 Å². The van der Waals surface area contributed by atoms with Gasteiger partial charge in [0.1, 0.15) is 12.1 Å². The van der Waals surface area contributed by atoms with Gasteiger partial charge in [-0.3, -0.25) is 14.4 Å². The molecule has 4 aliphatic rings. The van der Waals surface area contributed by atoms with Crippen LogP contribution < -0.4 is 5.32 Å². The lowest BCUT2D eigenvalue weighted by atomic mass is 9.98. The third-order valence-corrected chi connectivity index (χ3v) is 7.04. The quantitative estimate of drug-likeness (QED) is 0.764. The molecule has 124 valence electrons. The molecule has 0 radical (unpaired) electrons. The molecule has 3 atom stereocenters. The molecule has 7 heteroatoms. The molecule has 1 spiro atoms. The highest BCUT2D eigenvalue weighted by atomic mass is 32.2. The van der Waals surface area contributed by atoms with Crippen LogP contribution in [0.1, 0.15) is 24.0 Å². The Morgan fingerprint density at radius 2 is 2.04 bits per heavy atom. The van der Waals surface area contributed by atoms with Crippen molar-refractivity contribution in [2.45, 2.75) is 36.7 Å². The maximum absolute atomic E-state index is 13.2. The Labute approximate surface area is 143 Å². The van der Waals surface area contributed by atoms with Crippen molar-refractivity contribution in [3.63, 3.8) is 0 Å². The van der Waals surface area contributed by atoms with Gasteiger partial charge in [-0.1, -0.05) is 17.7 Å². The third-order valence-electron chi connectivity index (χ3n) is 5.54. The molecule has 0 saturated carbocycles. The summed E-state index contributed by atoms with van der Waals surface area (Å²) >= 11 is 1.41. The van der Waals surface area contributed by atoms with E-state index in [1.54, 1.807) is 9.80 Å². The summed E-state index contributed by atoms with van der Waals surface area (Å²) in [6.45, 7) is 2.62. The highest BCUT2D eigenvalue weighted by molar-refractivity contribution is 8.01. The van der Waals surface area contributed by atoms with Gasteiger partial charge in [0.2, 0.25) is 11.8 Å². The minimum absolute atomic E-state index is 0.00428. The van der Waals surface area contributed by atoms with Crippen molar-refractivity contribution in [1.29, 1.82) is 0 Å². The van der Waals surface area contributed by atoms with Crippen LogP contribution in [0.2, 0.25) is 0 Å². The molecule has 5 rings (SSSR count). The monoisotopic (exact) mass is 343 g/mol. The number of benzene rings is 1. The van der Waals surface area contributed by atoms with Gasteiger partial charge in [-0.05, 0) is 25.8 Å². The Morgan fingerprint density at radius 3 is 2.88 bits per heavy atom. The van der Waals surface area contributed by atoms with Crippen LogP contribution in [0.4, 0.5) is 5.69 Å². The second-order valence-electron chi connectivity index (χ2n) is 6.87. The molecule has 1 N–H and O–H groups in total. The number of carbonyl (C=O) groups excluding carboxylic acids is 3. The molecule has 4 heterocycles. The Bertz CT molecular complexity index is 810. The molecule has 1 aromatic carbocycles. The molecular formula is C17H17N3O3S. The Hall–Kier alpha value is -2.02. The number of carbonyl (C=O) groups is 3. The molecule has 4 aliphatic heterocycles. The maximum atomic E-state index is 13.2. The number of amides is 3. The Morgan fingerprint density at radius 1 is 1.21 bits per heavy atom. The molecule has 3 fully saturated rings. The number of rotatable bonds is 0. The van der Waals surface area contributed by atoms with E-state index in [0.29, 0.717) is 18.7 Å². The molecule has 0 unspecified atom stereocenters. The Kier molecular flexibility index (Phi) is 2.71. The third kappa shape index (κ3) is 1.51. The number of hydrogen-bond acceptors (Lipinski definition) is 4. The van der Waals surface area contributed by atoms with Gasteiger partial charge in [0.15, 0.2) is 4.87 Å². The van der Waals surface area contributed by atoms with Crippen molar-refractivity contribution in [3.05, 3.63) is 29.3 Å². The average molecular weight is 343 g/mol. The number of piperazine rings is 1. The van der Waals surface area contributed by atoms with Crippen LogP contribution in [-0.2, 0) is 19.3 Å². The van der Waals surface area contributed by atoms with Gasteiger partial charge in [0, 0.05) is 23.5 Å². The van der Waals surface area contributed by atoms with Gasteiger partial charge >= 0.3 is 0 Å². The first-order chi connectivity index (χ1) is 11.5. The van der Waals surface area contributed by atoms with Crippen LogP contribution in [-0.4, -0.2) is 51.9 Å². The van der Waals surface area contributed by atoms with Crippen molar-refractivity contribution in [2.75, 3.05) is 17.6 Å². The van der Waals surface area contributed by atoms with Gasteiger partial charge in [0.25, 0.3) is 5.91 Å². The van der Waals surface area contributed by atoms with Crippen LogP contribution in [0.15, 0.2) is 18.2 Å². The molecular weight excluding hydrogens is 326 g/mol. The predicted molar refractivity (Wildman–Crippen MR) is 89.3 cm³/mol. The summed E-state index contributed by atoms with van der Waals surface area (Å²) in [6.07, 6.45) is 1.54. The van der Waals surface area contributed by atoms with Crippen LogP contribution in [0.25, 0.3) is 0 Å². The SMILES string of the molecule is Cc1ccc2c(c1)[C@@]1(SC[C@H]3C(=O)N4CCC[C@H]4C(=O)N31)C(=O)N2. The maximum Gasteiger partial charge on any atom is 0.265 e. The summed E-state index contributed by atoms with van der Waals surface area (Å²) in [7, 11) is 0. The number of anilines is 1. The van der Waals surface area contributed by atoms with Gasteiger partial charge in [-0.2, -0.15) is 0 Å². The summed E-state index contributed by atoms with van der Waals surface area (Å²) in [5, 5.41) is 2.91. The predicted octanol–water partition coefficient (Wildman–Crippen LogP) is 1.05. The molecule has 24 heavy (non-hydrogen) atoms. The minimum Gasteiger partial charge on any atom is -0.329 e. The lowest BCUT2D eigenvalue weighted by molar-refractivity contribution is -0.162. The second-order valence-corrected chi connectivity index (χ2v) is 8.08. The standard InChI is InChI=1S/C17H17N3O3S/c1-9-4-5-11-10(7-9)17(16(23)18-11)20-13(8-24-17)14(21)19-6-2-3-12(19)15(20)22/h4-5,7,12-13H,2-3,6,8H2,1H3,(H,18,23)/t12-,13-,17+/m0/s1. The van der Waals surface area contributed by atoms with Gasteiger partial charge in [0.05, 0.1) is 0 Å². The first kappa shape index (κ1) is 14.3. The van der Waals surface area contributed by atoms with E-state index in [1.165, 1.54) is 11.8 Å². The molecule has 6 nitrogen and oxygen atoms in total. The molecule has 1 aromatic rings. The lowest BCUT2D eigenvalue weighted by Gasteiger charge is -2.43. The van der Waals surface area contributed by atoms with E-state index < -0.39 is 17.0 Å². The number of nitrogens with zero attached hydrogens (tertiary/aromatic N) is 2. The number of aryl methyl sites for hydroxylation is 1. The normalized spacial score (nSPS) is 33.8. The highest BCUT2D eigenvalue weighted by Gasteiger charge is 2.65.